The van der Waals surface area contributed by atoms with E-state index in [9.17, 15) is 33.6 Å². The summed E-state index contributed by atoms with van der Waals surface area (Å²) in [6.45, 7) is 13.4. The highest BCUT2D eigenvalue weighted by Gasteiger charge is 2.39. The molecule has 0 heterocycles. The number of aldehydes is 1. The molecule has 0 aromatic carbocycles. The minimum atomic E-state index is -1.14. The number of nitrogens with zero attached hydrogens (tertiary/aromatic N) is 3. The first kappa shape index (κ1) is 41.4. The number of ether oxygens (including phenoxy) is 1. The molecule has 0 fully saturated rings. The predicted molar refractivity (Wildman–Crippen MR) is 169 cm³/mol. The fourth-order valence-corrected chi connectivity index (χ4v) is 4.58. The van der Waals surface area contributed by atoms with Crippen molar-refractivity contribution in [3.05, 3.63) is 0 Å². The zero-order valence-corrected chi connectivity index (χ0v) is 29.0. The van der Waals surface area contributed by atoms with Gasteiger partial charge in [-0.3, -0.25) is 28.8 Å². The molecule has 4 N–H and O–H groups in total. The molecule has 0 aliphatic carbocycles. The summed E-state index contributed by atoms with van der Waals surface area (Å²) < 4.78 is 5.62. The molecule has 258 valence electrons. The van der Waals surface area contributed by atoms with Crippen molar-refractivity contribution < 1.29 is 38.3 Å². The molecule has 4 atom stereocenters. The van der Waals surface area contributed by atoms with Crippen LogP contribution in [0.1, 0.15) is 81.1 Å². The molecule has 6 amide bonds. The monoisotopic (exact) mass is 640 g/mol. The zero-order chi connectivity index (χ0) is 35.2. The number of hydrogen-bond donors (Lipinski definition) is 3. The second-order valence-electron chi connectivity index (χ2n) is 12.9. The molecule has 0 bridgehead atoms. The van der Waals surface area contributed by atoms with Crippen molar-refractivity contribution in [3.8, 4) is 0 Å². The minimum absolute atomic E-state index is 0.00644. The third-order valence-corrected chi connectivity index (χ3v) is 7.48. The first-order valence-corrected chi connectivity index (χ1v) is 15.4. The highest BCUT2D eigenvalue weighted by molar-refractivity contribution is 5.95. The molecular formula is C31H56N6O8. The van der Waals surface area contributed by atoms with Crippen molar-refractivity contribution in [1.82, 2.24) is 25.3 Å². The van der Waals surface area contributed by atoms with Crippen LogP contribution in [-0.4, -0.2) is 120 Å². The number of carbonyl (C=O) groups excluding carboxylic acids is 7. The normalized spacial score (nSPS) is 14.2. The Hall–Kier alpha value is -3.55. The van der Waals surface area contributed by atoms with Crippen molar-refractivity contribution in [2.75, 3.05) is 34.3 Å². The Morgan fingerprint density at radius 1 is 0.867 bits per heavy atom. The summed E-state index contributed by atoms with van der Waals surface area (Å²) in [7, 11) is 4.40. The maximum Gasteiger partial charge on any atom is 0.245 e. The van der Waals surface area contributed by atoms with Gasteiger partial charge in [-0.2, -0.15) is 0 Å². The number of primary amides is 1. The average molecular weight is 641 g/mol. The Bertz CT molecular complexity index is 1050. The van der Waals surface area contributed by atoms with Gasteiger partial charge in [-0.15, -0.1) is 0 Å². The minimum Gasteiger partial charge on any atom is -0.368 e. The fourth-order valence-electron chi connectivity index (χ4n) is 4.58. The topological polar surface area (TPSA) is 189 Å². The third kappa shape index (κ3) is 14.0. The van der Waals surface area contributed by atoms with Crippen LogP contribution in [0.4, 0.5) is 0 Å². The van der Waals surface area contributed by atoms with Gasteiger partial charge in [0.05, 0.1) is 12.1 Å². The van der Waals surface area contributed by atoms with Crippen LogP contribution in [0.5, 0.6) is 0 Å². The van der Waals surface area contributed by atoms with E-state index in [1.165, 1.54) is 42.8 Å². The fraction of sp³-hybridized carbons (Fsp3) is 0.774. The van der Waals surface area contributed by atoms with Crippen molar-refractivity contribution in [3.63, 3.8) is 0 Å². The first-order chi connectivity index (χ1) is 20.7. The Balaban J connectivity index is 6.33. The van der Waals surface area contributed by atoms with E-state index in [0.717, 1.165) is 0 Å². The van der Waals surface area contributed by atoms with Gasteiger partial charge in [0.15, 0.2) is 0 Å². The Morgan fingerprint density at radius 3 is 1.89 bits per heavy atom. The van der Waals surface area contributed by atoms with Gasteiger partial charge in [0.25, 0.3) is 0 Å². The maximum absolute atomic E-state index is 13.9. The Kier molecular flexibility index (Phi) is 17.6. The lowest BCUT2D eigenvalue weighted by Crippen LogP contribution is -2.60. The van der Waals surface area contributed by atoms with Gasteiger partial charge >= 0.3 is 0 Å². The summed E-state index contributed by atoms with van der Waals surface area (Å²) in [5, 5.41) is 5.32. The number of nitrogens with one attached hydrogen (secondary N) is 2. The van der Waals surface area contributed by atoms with Crippen LogP contribution in [0.15, 0.2) is 0 Å². The summed E-state index contributed by atoms with van der Waals surface area (Å²) in [6.07, 6.45) is 1.72. The van der Waals surface area contributed by atoms with E-state index in [0.29, 0.717) is 12.7 Å². The summed E-state index contributed by atoms with van der Waals surface area (Å²) in [5.74, 6) is -3.60. The summed E-state index contributed by atoms with van der Waals surface area (Å²) in [6, 6.07) is -4.13. The van der Waals surface area contributed by atoms with Crippen LogP contribution in [0, 0.1) is 11.8 Å². The van der Waals surface area contributed by atoms with Crippen LogP contribution < -0.4 is 16.4 Å². The van der Waals surface area contributed by atoms with Crippen LogP contribution in [-0.2, 0) is 38.3 Å². The van der Waals surface area contributed by atoms with E-state index in [4.69, 9.17) is 10.5 Å². The molecule has 45 heavy (non-hydrogen) atoms. The van der Waals surface area contributed by atoms with Gasteiger partial charge in [-0.05, 0) is 45.4 Å². The number of amides is 6. The maximum atomic E-state index is 13.9. The lowest BCUT2D eigenvalue weighted by atomic mass is 9.95. The Labute approximate surface area is 268 Å². The van der Waals surface area contributed by atoms with Crippen LogP contribution in [0.25, 0.3) is 0 Å². The van der Waals surface area contributed by atoms with Gasteiger partial charge in [0, 0.05) is 34.0 Å². The van der Waals surface area contributed by atoms with E-state index < -0.39 is 65.2 Å². The predicted octanol–water partition coefficient (Wildman–Crippen LogP) is 0.460. The van der Waals surface area contributed by atoms with Gasteiger partial charge in [0.1, 0.15) is 37.1 Å². The molecule has 0 aromatic rings. The SMILES string of the molecule is CCCC(=O)N(C)CC(=O)N(C)[C@@H](CC(C)(C)OCC=O)C(=O)N[C@H](C(=O)N(C)[C@@H](CC(C)C)C(=O)N[C@H](C)C(N)=O)C(C)C. The van der Waals surface area contributed by atoms with Crippen LogP contribution in [0.2, 0.25) is 0 Å². The first-order valence-electron chi connectivity index (χ1n) is 15.4. The smallest absolute Gasteiger partial charge is 0.245 e. The number of hydrogen-bond acceptors (Lipinski definition) is 8. The number of nitrogens with two attached hydrogens (primary N) is 1. The largest absolute Gasteiger partial charge is 0.368 e. The second-order valence-corrected chi connectivity index (χ2v) is 12.9. The highest BCUT2D eigenvalue weighted by Crippen LogP contribution is 2.21. The third-order valence-electron chi connectivity index (χ3n) is 7.48. The summed E-state index contributed by atoms with van der Waals surface area (Å²) >= 11 is 0. The van der Waals surface area contributed by atoms with Gasteiger partial charge in [-0.25, -0.2) is 0 Å². The van der Waals surface area contributed by atoms with Crippen molar-refractivity contribution in [2.45, 2.75) is 111 Å². The summed E-state index contributed by atoms with van der Waals surface area (Å²) in [4.78, 5) is 92.7. The molecule has 0 saturated carbocycles. The molecule has 0 unspecified atom stereocenters. The van der Waals surface area contributed by atoms with E-state index in [2.05, 4.69) is 10.6 Å². The molecule has 0 rings (SSSR count). The lowest BCUT2D eigenvalue weighted by Gasteiger charge is -2.37. The van der Waals surface area contributed by atoms with Crippen molar-refractivity contribution in [1.29, 1.82) is 0 Å². The number of carbonyl (C=O) groups is 7. The van der Waals surface area contributed by atoms with E-state index >= 15 is 0 Å². The lowest BCUT2D eigenvalue weighted by molar-refractivity contribution is -0.148. The number of likely N-dealkylation sites (N-methyl/N-ethyl adjacent to an activating group) is 3. The van der Waals surface area contributed by atoms with Gasteiger partial charge in [0.2, 0.25) is 35.4 Å². The molecule has 0 spiro atoms. The highest BCUT2D eigenvalue weighted by atomic mass is 16.5. The number of rotatable bonds is 20. The van der Waals surface area contributed by atoms with Gasteiger partial charge in [-0.1, -0.05) is 34.6 Å². The molecule has 14 nitrogen and oxygen atoms in total. The van der Waals surface area contributed by atoms with Crippen LogP contribution >= 0.6 is 0 Å². The molecule has 0 aliphatic heterocycles. The second kappa shape index (κ2) is 19.1. The van der Waals surface area contributed by atoms with Crippen molar-refractivity contribution in [2.24, 2.45) is 17.6 Å². The standard InChI is InChI=1S/C31H56N6O8/c1-12-13-24(39)35(9)18-25(40)36(10)23(17-31(7,8)45-15-14-38)29(43)34-26(20(4)5)30(44)37(11)22(16-19(2)3)28(42)33-21(6)27(32)41/h14,19-23,26H,12-13,15-18H2,1-11H3,(H2,32,41)(H,33,42)(H,34,43)/t21-,22+,23+,26+/m1/s1. The Morgan fingerprint density at radius 2 is 1.42 bits per heavy atom. The summed E-state index contributed by atoms with van der Waals surface area (Å²) in [5.41, 5.74) is 4.29. The molecule has 0 saturated heterocycles. The zero-order valence-electron chi connectivity index (χ0n) is 29.0. The van der Waals surface area contributed by atoms with Gasteiger partial charge < -0.3 is 40.6 Å². The molecular weight excluding hydrogens is 584 g/mol. The van der Waals surface area contributed by atoms with E-state index in [1.54, 1.807) is 27.7 Å². The van der Waals surface area contributed by atoms with E-state index in [-0.39, 0.29) is 44.2 Å². The van der Waals surface area contributed by atoms with Crippen molar-refractivity contribution >= 4 is 41.7 Å². The molecule has 0 aliphatic rings. The van der Waals surface area contributed by atoms with Crippen LogP contribution in [0.3, 0.4) is 0 Å². The molecule has 0 radical (unpaired) electrons. The average Bonchev–Trinajstić information content (AvgIpc) is 2.94. The molecule has 14 heteroatoms. The van der Waals surface area contributed by atoms with E-state index in [1.807, 2.05) is 20.8 Å². The molecule has 0 aromatic heterocycles. The quantitative estimate of drug-likeness (QED) is 0.160.